The molecular formula is C19H16FN7O2. The van der Waals surface area contributed by atoms with E-state index in [2.05, 4.69) is 25.4 Å². The Morgan fingerprint density at radius 1 is 1.28 bits per heavy atom. The summed E-state index contributed by atoms with van der Waals surface area (Å²) in [7, 11) is 0. The Bertz CT molecular complexity index is 1380. The summed E-state index contributed by atoms with van der Waals surface area (Å²) < 4.78 is 14.8. The smallest absolute Gasteiger partial charge is 0.326 e. The van der Waals surface area contributed by atoms with Crippen LogP contribution in [0.4, 0.5) is 15.9 Å². The van der Waals surface area contributed by atoms with E-state index < -0.39 is 5.69 Å². The van der Waals surface area contributed by atoms with Crippen molar-refractivity contribution in [1.29, 1.82) is 0 Å². The number of anilines is 2. The van der Waals surface area contributed by atoms with E-state index in [0.717, 1.165) is 12.8 Å². The predicted molar refractivity (Wildman–Crippen MR) is 103 cm³/mol. The number of aromatic amines is 2. The highest BCUT2D eigenvalue weighted by Crippen LogP contribution is 2.22. The van der Waals surface area contributed by atoms with Gasteiger partial charge in [0.25, 0.3) is 0 Å². The standard InChI is InChI=1S/C19H16FN7O2/c20-11-1-3-12(4-2-11)22-15-8-16(23-13-5-6-13)27-17(25-15)10(9-21-27)7-14-18(28)26-19(29)24-14/h1-4,7-9,13,22,28H,5-6H2,(H2,24,26,29)/b10-7-,23-16?. The molecule has 1 aliphatic rings. The van der Waals surface area contributed by atoms with E-state index in [1.165, 1.54) is 12.1 Å². The monoisotopic (exact) mass is 393 g/mol. The van der Waals surface area contributed by atoms with Crippen molar-refractivity contribution in [3.05, 3.63) is 69.2 Å². The Hall–Kier alpha value is -3.95. The Labute approximate surface area is 162 Å². The summed E-state index contributed by atoms with van der Waals surface area (Å²) in [6.45, 7) is 0. The molecule has 0 bridgehead atoms. The van der Waals surface area contributed by atoms with Crippen LogP contribution < -0.4 is 21.7 Å². The predicted octanol–water partition coefficient (Wildman–Crippen LogP) is 0.945. The zero-order chi connectivity index (χ0) is 20.0. The van der Waals surface area contributed by atoms with Gasteiger partial charge in [0, 0.05) is 17.0 Å². The first-order valence-corrected chi connectivity index (χ1v) is 9.03. The Morgan fingerprint density at radius 3 is 2.76 bits per heavy atom. The van der Waals surface area contributed by atoms with Crippen molar-refractivity contribution in [2.45, 2.75) is 18.9 Å². The van der Waals surface area contributed by atoms with Crippen LogP contribution in [0.15, 0.2) is 46.3 Å². The van der Waals surface area contributed by atoms with Gasteiger partial charge in [-0.15, -0.1) is 0 Å². The van der Waals surface area contributed by atoms with Crippen molar-refractivity contribution in [2.75, 3.05) is 5.32 Å². The number of rotatable bonds is 4. The van der Waals surface area contributed by atoms with Crippen LogP contribution in [-0.4, -0.2) is 35.7 Å². The number of aromatic nitrogens is 5. The van der Waals surface area contributed by atoms with Crippen molar-refractivity contribution >= 4 is 23.2 Å². The second-order valence-corrected chi connectivity index (χ2v) is 6.81. The van der Waals surface area contributed by atoms with Gasteiger partial charge in [-0.25, -0.2) is 14.2 Å². The highest BCUT2D eigenvalue weighted by molar-refractivity contribution is 5.61. The van der Waals surface area contributed by atoms with Crippen molar-refractivity contribution in [3.63, 3.8) is 0 Å². The molecule has 1 fully saturated rings. The molecule has 9 nitrogen and oxygen atoms in total. The molecule has 146 valence electrons. The molecule has 4 aromatic rings. The van der Waals surface area contributed by atoms with Crippen LogP contribution >= 0.6 is 0 Å². The number of imidazole rings is 1. The minimum atomic E-state index is -0.513. The van der Waals surface area contributed by atoms with Gasteiger partial charge in [-0.2, -0.15) is 9.61 Å². The number of aromatic hydroxyl groups is 1. The summed E-state index contributed by atoms with van der Waals surface area (Å²) in [5.74, 6) is -0.0698. The number of benzene rings is 1. The largest absolute Gasteiger partial charge is 0.493 e. The van der Waals surface area contributed by atoms with Gasteiger partial charge >= 0.3 is 5.69 Å². The summed E-state index contributed by atoms with van der Waals surface area (Å²) in [6, 6.07) is 8.00. The van der Waals surface area contributed by atoms with Gasteiger partial charge in [0.15, 0.2) is 11.1 Å². The van der Waals surface area contributed by atoms with Gasteiger partial charge in [0.2, 0.25) is 5.88 Å². The molecular weight excluding hydrogens is 377 g/mol. The van der Waals surface area contributed by atoms with Crippen LogP contribution in [0.2, 0.25) is 0 Å². The van der Waals surface area contributed by atoms with Gasteiger partial charge in [-0.3, -0.25) is 9.98 Å². The Balaban J connectivity index is 1.67. The zero-order valence-electron chi connectivity index (χ0n) is 15.1. The molecule has 10 heteroatoms. The highest BCUT2D eigenvalue weighted by atomic mass is 19.1. The molecule has 29 heavy (non-hydrogen) atoms. The maximum absolute atomic E-state index is 13.2. The number of hydrogen-bond acceptors (Lipinski definition) is 6. The van der Waals surface area contributed by atoms with Gasteiger partial charge in [-0.05, 0) is 43.2 Å². The number of halogens is 1. The summed E-state index contributed by atoms with van der Waals surface area (Å²) in [5.41, 5.74) is 1.52. The Kier molecular flexibility index (Phi) is 3.90. The van der Waals surface area contributed by atoms with E-state index in [1.54, 1.807) is 35.0 Å². The fourth-order valence-corrected chi connectivity index (χ4v) is 2.94. The molecule has 0 atom stereocenters. The third kappa shape index (κ3) is 3.47. The number of H-pyrrole nitrogens is 2. The lowest BCUT2D eigenvalue weighted by Gasteiger charge is -2.06. The second kappa shape index (κ2) is 6.59. The SMILES string of the molecule is O=c1[nH]c(O)c(/C=c2/cnn3c(=NC4CC4)cc(Nc4ccc(F)cc4)nc23)[nH]1. The van der Waals surface area contributed by atoms with Gasteiger partial charge < -0.3 is 15.4 Å². The van der Waals surface area contributed by atoms with E-state index >= 15 is 0 Å². The molecule has 3 aromatic heterocycles. The van der Waals surface area contributed by atoms with Crippen molar-refractivity contribution in [1.82, 2.24) is 24.6 Å². The molecule has 0 radical (unpaired) electrons. The summed E-state index contributed by atoms with van der Waals surface area (Å²) >= 11 is 0. The normalized spacial score (nSPS) is 15.3. The maximum atomic E-state index is 13.2. The van der Waals surface area contributed by atoms with E-state index in [1.807, 2.05) is 0 Å². The summed E-state index contributed by atoms with van der Waals surface area (Å²) in [6.07, 6.45) is 5.22. The van der Waals surface area contributed by atoms with Crippen LogP contribution in [0.1, 0.15) is 18.5 Å². The molecule has 1 aliphatic carbocycles. The van der Waals surface area contributed by atoms with E-state index in [-0.39, 0.29) is 23.4 Å². The molecule has 0 saturated heterocycles. The Morgan fingerprint density at radius 2 is 2.07 bits per heavy atom. The summed E-state index contributed by atoms with van der Waals surface area (Å²) in [5, 5.41) is 17.9. The van der Waals surface area contributed by atoms with Crippen molar-refractivity contribution < 1.29 is 9.50 Å². The molecule has 0 amide bonds. The third-order valence-corrected chi connectivity index (χ3v) is 4.49. The molecule has 1 aromatic carbocycles. The molecule has 0 unspecified atom stereocenters. The van der Waals surface area contributed by atoms with E-state index in [0.29, 0.717) is 27.9 Å². The minimum absolute atomic E-state index is 0.226. The van der Waals surface area contributed by atoms with E-state index in [9.17, 15) is 14.3 Å². The first-order valence-electron chi connectivity index (χ1n) is 9.03. The second-order valence-electron chi connectivity index (χ2n) is 6.81. The number of nitrogens with one attached hydrogen (secondary N) is 3. The first-order chi connectivity index (χ1) is 14.0. The number of hydrogen-bond donors (Lipinski definition) is 4. The molecule has 4 N–H and O–H groups in total. The first kappa shape index (κ1) is 17.2. The molecule has 5 rings (SSSR count). The average Bonchev–Trinajstić information content (AvgIpc) is 3.33. The fourth-order valence-electron chi connectivity index (χ4n) is 2.94. The van der Waals surface area contributed by atoms with Gasteiger partial charge in [0.05, 0.1) is 12.2 Å². The molecule has 1 saturated carbocycles. The average molecular weight is 393 g/mol. The molecule has 0 spiro atoms. The lowest BCUT2D eigenvalue weighted by atomic mass is 10.3. The zero-order valence-corrected chi connectivity index (χ0v) is 15.1. The van der Waals surface area contributed by atoms with Crippen LogP contribution in [0.3, 0.4) is 0 Å². The summed E-state index contributed by atoms with van der Waals surface area (Å²) in [4.78, 5) is 25.4. The number of nitrogens with zero attached hydrogens (tertiary/aromatic N) is 4. The van der Waals surface area contributed by atoms with Gasteiger partial charge in [0.1, 0.15) is 17.3 Å². The molecule has 3 heterocycles. The molecule has 0 aliphatic heterocycles. The number of fused-ring (bicyclic) bond motifs is 1. The van der Waals surface area contributed by atoms with E-state index in [4.69, 9.17) is 4.99 Å². The van der Waals surface area contributed by atoms with Crippen LogP contribution in [0, 0.1) is 5.82 Å². The highest BCUT2D eigenvalue weighted by Gasteiger charge is 2.20. The fraction of sp³-hybridized carbons (Fsp3) is 0.158. The van der Waals surface area contributed by atoms with Crippen molar-refractivity contribution in [3.8, 4) is 5.88 Å². The maximum Gasteiger partial charge on any atom is 0.326 e. The quantitative estimate of drug-likeness (QED) is 0.411. The van der Waals surface area contributed by atoms with Crippen LogP contribution in [0.5, 0.6) is 5.88 Å². The van der Waals surface area contributed by atoms with Crippen molar-refractivity contribution in [2.24, 2.45) is 4.99 Å². The van der Waals surface area contributed by atoms with Gasteiger partial charge in [-0.1, -0.05) is 0 Å². The third-order valence-electron chi connectivity index (χ3n) is 4.49. The van der Waals surface area contributed by atoms with Crippen LogP contribution in [0.25, 0.3) is 11.7 Å². The lowest BCUT2D eigenvalue weighted by molar-refractivity contribution is 0.454. The minimum Gasteiger partial charge on any atom is -0.493 e. The lowest BCUT2D eigenvalue weighted by Crippen LogP contribution is -2.19. The topological polar surface area (TPSA) is 123 Å². The van der Waals surface area contributed by atoms with Crippen LogP contribution in [-0.2, 0) is 0 Å².